The number of fused-ring (bicyclic) bond motifs is 1. The van der Waals surface area contributed by atoms with E-state index < -0.39 is 0 Å². The van der Waals surface area contributed by atoms with Gasteiger partial charge in [0.2, 0.25) is 11.8 Å². The molecule has 0 N–H and O–H groups in total. The zero-order chi connectivity index (χ0) is 20.4. The third-order valence-electron chi connectivity index (χ3n) is 6.01. The van der Waals surface area contributed by atoms with Gasteiger partial charge in [0.05, 0.1) is 12.5 Å². The van der Waals surface area contributed by atoms with E-state index in [0.29, 0.717) is 26.1 Å². The van der Waals surface area contributed by atoms with Gasteiger partial charge in [0.1, 0.15) is 5.82 Å². The van der Waals surface area contributed by atoms with Crippen LogP contribution < -0.4 is 4.90 Å². The Morgan fingerprint density at radius 1 is 0.966 bits per heavy atom. The van der Waals surface area contributed by atoms with Crippen LogP contribution in [0.5, 0.6) is 0 Å². The summed E-state index contributed by atoms with van der Waals surface area (Å²) in [6, 6.07) is 14.4. The number of piperazine rings is 1. The fourth-order valence-electron chi connectivity index (χ4n) is 4.41. The van der Waals surface area contributed by atoms with E-state index in [4.69, 9.17) is 0 Å². The highest BCUT2D eigenvalue weighted by molar-refractivity contribution is 5.80. The Morgan fingerprint density at radius 3 is 2.34 bits per heavy atom. The number of anilines is 1. The van der Waals surface area contributed by atoms with Crippen LogP contribution in [0.3, 0.4) is 0 Å². The van der Waals surface area contributed by atoms with Crippen molar-refractivity contribution in [2.75, 3.05) is 37.6 Å². The minimum atomic E-state index is -0.245. The van der Waals surface area contributed by atoms with Gasteiger partial charge >= 0.3 is 0 Å². The van der Waals surface area contributed by atoms with Gasteiger partial charge < -0.3 is 14.7 Å². The monoisotopic (exact) mass is 395 g/mol. The van der Waals surface area contributed by atoms with Crippen LogP contribution in [0.15, 0.2) is 48.5 Å². The quantitative estimate of drug-likeness (QED) is 0.803. The average Bonchev–Trinajstić information content (AvgIpc) is 2.74. The van der Waals surface area contributed by atoms with E-state index in [1.807, 2.05) is 28.0 Å². The van der Waals surface area contributed by atoms with Crippen molar-refractivity contribution in [2.24, 2.45) is 0 Å². The lowest BCUT2D eigenvalue weighted by Gasteiger charge is -2.39. The third kappa shape index (κ3) is 4.11. The molecule has 0 bridgehead atoms. The van der Waals surface area contributed by atoms with Crippen LogP contribution >= 0.6 is 0 Å². The minimum absolute atomic E-state index is 0.0124. The summed E-state index contributed by atoms with van der Waals surface area (Å²) >= 11 is 0. The highest BCUT2D eigenvalue weighted by Crippen LogP contribution is 2.33. The largest absolute Gasteiger partial charge is 0.368 e. The third-order valence-corrected chi connectivity index (χ3v) is 6.01. The molecule has 1 atom stereocenters. The molecule has 152 valence electrons. The molecule has 2 aliphatic rings. The lowest BCUT2D eigenvalue weighted by Crippen LogP contribution is -2.50. The van der Waals surface area contributed by atoms with Crippen LogP contribution in [0, 0.1) is 5.82 Å². The molecule has 2 heterocycles. The molecule has 1 unspecified atom stereocenters. The van der Waals surface area contributed by atoms with E-state index in [1.165, 1.54) is 17.7 Å². The van der Waals surface area contributed by atoms with Crippen molar-refractivity contribution in [2.45, 2.75) is 25.8 Å². The molecule has 0 aromatic heterocycles. The lowest BCUT2D eigenvalue weighted by molar-refractivity contribution is -0.136. The molecule has 2 aliphatic heterocycles. The molecule has 2 amide bonds. The van der Waals surface area contributed by atoms with Crippen LogP contribution in [-0.4, -0.2) is 54.3 Å². The summed E-state index contributed by atoms with van der Waals surface area (Å²) in [6.07, 6.45) is 1.14. The van der Waals surface area contributed by atoms with Gasteiger partial charge in [-0.05, 0) is 41.8 Å². The van der Waals surface area contributed by atoms with Crippen molar-refractivity contribution in [3.05, 3.63) is 65.5 Å². The molecule has 2 aromatic carbocycles. The normalized spacial score (nSPS) is 19.1. The second kappa shape index (κ2) is 8.23. The maximum Gasteiger partial charge on any atom is 0.225 e. The smallest absolute Gasteiger partial charge is 0.225 e. The first-order valence-electron chi connectivity index (χ1n) is 10.2. The number of halogens is 1. The Hall–Kier alpha value is -2.89. The molecule has 5 nitrogen and oxygen atoms in total. The van der Waals surface area contributed by atoms with Gasteiger partial charge in [0, 0.05) is 45.3 Å². The maximum absolute atomic E-state index is 13.1. The van der Waals surface area contributed by atoms with Gasteiger partial charge in [0.25, 0.3) is 0 Å². The van der Waals surface area contributed by atoms with Crippen molar-refractivity contribution in [3.8, 4) is 0 Å². The molecule has 0 spiro atoms. The predicted molar refractivity (Wildman–Crippen MR) is 110 cm³/mol. The molecule has 29 heavy (non-hydrogen) atoms. The minimum Gasteiger partial charge on any atom is -0.368 e. The summed E-state index contributed by atoms with van der Waals surface area (Å²) in [5.41, 5.74) is 3.29. The molecule has 0 radical (unpaired) electrons. The number of benzene rings is 2. The number of hydrogen-bond donors (Lipinski definition) is 0. The number of amides is 2. The van der Waals surface area contributed by atoms with Crippen molar-refractivity contribution < 1.29 is 14.0 Å². The average molecular weight is 395 g/mol. The van der Waals surface area contributed by atoms with E-state index in [-0.39, 0.29) is 23.7 Å². The first kappa shape index (κ1) is 19.4. The van der Waals surface area contributed by atoms with Gasteiger partial charge in [-0.2, -0.15) is 0 Å². The fourth-order valence-corrected chi connectivity index (χ4v) is 4.41. The summed E-state index contributed by atoms with van der Waals surface area (Å²) < 4.78 is 13.1. The first-order chi connectivity index (χ1) is 14.0. The van der Waals surface area contributed by atoms with Gasteiger partial charge in [0.15, 0.2) is 0 Å². The SMILES string of the molecule is CC(=O)N1CCc2ccccc2C1CC(=O)N1CCN(c2ccc(F)cc2)CC1. The number of carbonyl (C=O) groups is 2. The van der Waals surface area contributed by atoms with Crippen molar-refractivity contribution in [1.82, 2.24) is 9.80 Å². The molecule has 6 heteroatoms. The molecule has 0 aliphatic carbocycles. The zero-order valence-corrected chi connectivity index (χ0v) is 16.7. The highest BCUT2D eigenvalue weighted by Gasteiger charge is 2.32. The fraction of sp³-hybridized carbons (Fsp3) is 0.391. The van der Waals surface area contributed by atoms with Crippen LogP contribution in [0.1, 0.15) is 30.5 Å². The number of rotatable bonds is 3. The molecule has 1 saturated heterocycles. The highest BCUT2D eigenvalue weighted by atomic mass is 19.1. The summed E-state index contributed by atoms with van der Waals surface area (Å²) in [7, 11) is 0. The standard InChI is InChI=1S/C23H26FN3O2/c1-17(28)27-11-10-18-4-2-3-5-21(18)22(27)16-23(29)26-14-12-25(13-15-26)20-8-6-19(24)7-9-20/h2-9,22H,10-16H2,1H3. The molecule has 4 rings (SSSR count). The van der Waals surface area contributed by atoms with Gasteiger partial charge in [-0.25, -0.2) is 4.39 Å². The number of nitrogens with zero attached hydrogens (tertiary/aromatic N) is 3. The molecular formula is C23H26FN3O2. The number of hydrogen-bond acceptors (Lipinski definition) is 3. The molecule has 0 saturated carbocycles. The van der Waals surface area contributed by atoms with Crippen LogP contribution in [0.25, 0.3) is 0 Å². The molecule has 1 fully saturated rings. The van der Waals surface area contributed by atoms with E-state index >= 15 is 0 Å². The van der Waals surface area contributed by atoms with Crippen molar-refractivity contribution >= 4 is 17.5 Å². The Morgan fingerprint density at radius 2 is 1.66 bits per heavy atom. The van der Waals surface area contributed by atoms with Gasteiger partial charge in [-0.3, -0.25) is 9.59 Å². The second-order valence-electron chi connectivity index (χ2n) is 7.73. The van der Waals surface area contributed by atoms with Crippen LogP contribution in [0.4, 0.5) is 10.1 Å². The van der Waals surface area contributed by atoms with E-state index in [2.05, 4.69) is 11.0 Å². The van der Waals surface area contributed by atoms with E-state index in [9.17, 15) is 14.0 Å². The Kier molecular flexibility index (Phi) is 5.51. The van der Waals surface area contributed by atoms with Crippen LogP contribution in [0.2, 0.25) is 0 Å². The summed E-state index contributed by atoms with van der Waals surface area (Å²) in [5.74, 6) is -0.152. The van der Waals surface area contributed by atoms with E-state index in [0.717, 1.165) is 30.8 Å². The topological polar surface area (TPSA) is 43.9 Å². The Balaban J connectivity index is 1.42. The van der Waals surface area contributed by atoms with Crippen LogP contribution in [-0.2, 0) is 16.0 Å². The molecule has 2 aromatic rings. The van der Waals surface area contributed by atoms with E-state index in [1.54, 1.807) is 19.1 Å². The Labute approximate surface area is 170 Å². The lowest BCUT2D eigenvalue weighted by atomic mass is 9.90. The summed E-state index contributed by atoms with van der Waals surface area (Å²) in [5, 5.41) is 0. The maximum atomic E-state index is 13.1. The Bertz CT molecular complexity index is 891. The summed E-state index contributed by atoms with van der Waals surface area (Å²) in [4.78, 5) is 31.1. The predicted octanol–water partition coefficient (Wildman–Crippen LogP) is 3.01. The molecular weight excluding hydrogens is 369 g/mol. The second-order valence-corrected chi connectivity index (χ2v) is 7.73. The van der Waals surface area contributed by atoms with Crippen molar-refractivity contribution in [3.63, 3.8) is 0 Å². The van der Waals surface area contributed by atoms with Gasteiger partial charge in [-0.1, -0.05) is 24.3 Å². The number of carbonyl (C=O) groups excluding carboxylic acids is 2. The summed E-state index contributed by atoms with van der Waals surface area (Å²) in [6.45, 7) is 4.93. The van der Waals surface area contributed by atoms with Gasteiger partial charge in [-0.15, -0.1) is 0 Å². The zero-order valence-electron chi connectivity index (χ0n) is 16.7. The first-order valence-corrected chi connectivity index (χ1v) is 10.2. The van der Waals surface area contributed by atoms with Crippen molar-refractivity contribution in [1.29, 1.82) is 0 Å².